The minimum Gasteiger partial charge on any atom is -0.393 e. The molecule has 0 unspecified atom stereocenters. The van der Waals surface area contributed by atoms with Crippen LogP contribution in [0.3, 0.4) is 0 Å². The van der Waals surface area contributed by atoms with Crippen LogP contribution in [-0.4, -0.2) is 41.8 Å². The Kier molecular flexibility index (Phi) is 5.74. The van der Waals surface area contributed by atoms with Crippen LogP contribution >= 0.6 is 0 Å². The summed E-state index contributed by atoms with van der Waals surface area (Å²) < 4.78 is 16.1. The van der Waals surface area contributed by atoms with Crippen LogP contribution in [-0.2, 0) is 6.54 Å². The molecule has 0 radical (unpaired) electrons. The molecule has 0 bridgehead atoms. The molecule has 8 nitrogen and oxygen atoms in total. The van der Waals surface area contributed by atoms with Crippen LogP contribution in [0.1, 0.15) is 31.2 Å². The summed E-state index contributed by atoms with van der Waals surface area (Å²) in [7, 11) is 0. The number of halogens is 1. The maximum absolute atomic E-state index is 14.3. The molecule has 0 aliphatic heterocycles. The Hall–Kier alpha value is -3.43. The van der Waals surface area contributed by atoms with Gasteiger partial charge in [-0.2, -0.15) is 0 Å². The highest BCUT2D eigenvalue weighted by atomic mass is 19.1. The van der Waals surface area contributed by atoms with Crippen molar-refractivity contribution in [2.24, 2.45) is 0 Å². The highest BCUT2D eigenvalue weighted by Crippen LogP contribution is 2.27. The number of pyridine rings is 2. The third-order valence-electron chi connectivity index (χ3n) is 5.79. The normalized spacial score (nSPS) is 18.7. The Labute approximate surface area is 184 Å². The predicted molar refractivity (Wildman–Crippen MR) is 119 cm³/mol. The number of aliphatic hydroxyl groups is 1. The summed E-state index contributed by atoms with van der Waals surface area (Å²) in [6.07, 6.45) is 9.59. The maximum atomic E-state index is 14.3. The van der Waals surface area contributed by atoms with E-state index < -0.39 is 5.82 Å². The van der Waals surface area contributed by atoms with Gasteiger partial charge in [0.05, 0.1) is 18.0 Å². The van der Waals surface area contributed by atoms with Crippen LogP contribution in [0.2, 0.25) is 0 Å². The summed E-state index contributed by atoms with van der Waals surface area (Å²) in [5.41, 5.74) is 2.68. The van der Waals surface area contributed by atoms with Gasteiger partial charge in [-0.1, -0.05) is 6.07 Å². The van der Waals surface area contributed by atoms with Gasteiger partial charge in [0.25, 0.3) is 0 Å². The molecule has 9 heteroatoms. The molecule has 4 aromatic heterocycles. The van der Waals surface area contributed by atoms with Gasteiger partial charge in [0.2, 0.25) is 5.82 Å². The summed E-state index contributed by atoms with van der Waals surface area (Å²) in [5, 5.41) is 21.1. The van der Waals surface area contributed by atoms with E-state index in [2.05, 4.69) is 25.7 Å². The number of rotatable bonds is 6. The van der Waals surface area contributed by atoms with Crippen LogP contribution in [0.5, 0.6) is 0 Å². The number of aliphatic hydroxyl groups excluding tert-OH is 1. The molecule has 3 N–H and O–H groups in total. The van der Waals surface area contributed by atoms with E-state index in [1.54, 1.807) is 16.8 Å². The van der Waals surface area contributed by atoms with Crippen LogP contribution < -0.4 is 10.6 Å². The lowest BCUT2D eigenvalue weighted by Gasteiger charge is -2.26. The Morgan fingerprint density at radius 1 is 1.09 bits per heavy atom. The number of nitrogens with one attached hydrogen (secondary N) is 2. The number of hydrogen-bond donors (Lipinski definition) is 3. The van der Waals surface area contributed by atoms with Gasteiger partial charge in [-0.15, -0.1) is 5.10 Å². The second-order valence-corrected chi connectivity index (χ2v) is 8.00. The van der Waals surface area contributed by atoms with Crippen molar-refractivity contribution in [1.29, 1.82) is 0 Å². The molecule has 4 heterocycles. The summed E-state index contributed by atoms with van der Waals surface area (Å²) >= 11 is 0. The van der Waals surface area contributed by atoms with Crippen molar-refractivity contribution in [2.45, 2.75) is 44.4 Å². The first-order chi connectivity index (χ1) is 15.7. The zero-order valence-corrected chi connectivity index (χ0v) is 17.4. The van der Waals surface area contributed by atoms with Gasteiger partial charge in [0.15, 0.2) is 11.6 Å². The highest BCUT2D eigenvalue weighted by Gasteiger charge is 2.20. The van der Waals surface area contributed by atoms with Crippen molar-refractivity contribution in [3.05, 3.63) is 66.5 Å². The first-order valence-corrected chi connectivity index (χ1v) is 10.7. The molecule has 4 aromatic rings. The average Bonchev–Trinajstić information content (AvgIpc) is 3.24. The molecule has 1 saturated carbocycles. The van der Waals surface area contributed by atoms with E-state index in [0.717, 1.165) is 36.8 Å². The zero-order chi connectivity index (χ0) is 21.9. The van der Waals surface area contributed by atoms with E-state index in [9.17, 15) is 9.50 Å². The maximum Gasteiger partial charge on any atom is 0.200 e. The van der Waals surface area contributed by atoms with Gasteiger partial charge >= 0.3 is 0 Å². The lowest BCUT2D eigenvalue weighted by Crippen LogP contribution is -2.34. The fourth-order valence-corrected chi connectivity index (χ4v) is 4.06. The van der Waals surface area contributed by atoms with Gasteiger partial charge in [0.1, 0.15) is 11.2 Å². The van der Waals surface area contributed by atoms with E-state index in [-0.39, 0.29) is 11.8 Å². The quantitative estimate of drug-likeness (QED) is 0.428. The molecule has 0 amide bonds. The van der Waals surface area contributed by atoms with Gasteiger partial charge in [-0.3, -0.25) is 9.97 Å². The van der Waals surface area contributed by atoms with Crippen LogP contribution in [0, 0.1) is 5.82 Å². The molecular formula is C23H24FN7O. The smallest absolute Gasteiger partial charge is 0.200 e. The molecule has 5 rings (SSSR count). The topological polar surface area (TPSA) is 100 Å². The molecule has 1 aliphatic carbocycles. The van der Waals surface area contributed by atoms with E-state index in [1.165, 1.54) is 12.4 Å². The first-order valence-electron chi connectivity index (χ1n) is 10.7. The zero-order valence-electron chi connectivity index (χ0n) is 17.4. The molecule has 0 atom stereocenters. The summed E-state index contributed by atoms with van der Waals surface area (Å²) in [6.45, 7) is 0.622. The average molecular weight is 433 g/mol. The van der Waals surface area contributed by atoms with Crippen molar-refractivity contribution >= 4 is 17.0 Å². The van der Waals surface area contributed by atoms with Crippen LogP contribution in [0.15, 0.2) is 55.1 Å². The largest absolute Gasteiger partial charge is 0.393 e. The van der Waals surface area contributed by atoms with E-state index in [1.807, 2.05) is 30.5 Å². The third-order valence-corrected chi connectivity index (χ3v) is 5.79. The highest BCUT2D eigenvalue weighted by molar-refractivity contribution is 5.78. The summed E-state index contributed by atoms with van der Waals surface area (Å²) in [6, 6.07) is 9.46. The predicted octanol–water partition coefficient (Wildman–Crippen LogP) is 3.46. The van der Waals surface area contributed by atoms with E-state index in [4.69, 9.17) is 4.98 Å². The number of anilines is 2. The summed E-state index contributed by atoms with van der Waals surface area (Å²) in [4.78, 5) is 12.9. The van der Waals surface area contributed by atoms with Gasteiger partial charge < -0.3 is 15.7 Å². The Morgan fingerprint density at radius 2 is 1.97 bits per heavy atom. The van der Waals surface area contributed by atoms with E-state index in [0.29, 0.717) is 29.9 Å². The second-order valence-electron chi connectivity index (χ2n) is 8.00. The van der Waals surface area contributed by atoms with Crippen molar-refractivity contribution in [3.8, 4) is 11.5 Å². The second kappa shape index (κ2) is 8.97. The number of aromatic nitrogens is 5. The van der Waals surface area contributed by atoms with Crippen LogP contribution in [0.25, 0.3) is 17.0 Å². The monoisotopic (exact) mass is 433 g/mol. The fraction of sp³-hybridized carbons (Fsp3) is 0.304. The standard InChI is InChI=1S/C23H24FN7O/c24-18-14-25-11-8-19(18)28-23-21-15(13-27-16-4-6-17(32)7-5-16)9-12-31(21)30-22(29-23)20-3-1-2-10-26-20/h1-3,8-12,14,16-17,27,32H,4-7,13H2,(H,25,28,29,30). The number of hydrogen-bond acceptors (Lipinski definition) is 7. The Bertz CT molecular complexity index is 1210. The summed E-state index contributed by atoms with van der Waals surface area (Å²) in [5.74, 6) is 0.466. The third kappa shape index (κ3) is 4.30. The molecule has 32 heavy (non-hydrogen) atoms. The van der Waals surface area contributed by atoms with Gasteiger partial charge in [0, 0.05) is 31.2 Å². The molecule has 1 fully saturated rings. The fourth-order valence-electron chi connectivity index (χ4n) is 4.06. The number of fused-ring (bicyclic) bond motifs is 1. The first kappa shape index (κ1) is 20.5. The van der Waals surface area contributed by atoms with E-state index >= 15 is 0 Å². The molecule has 1 aliphatic rings. The van der Waals surface area contributed by atoms with Crippen molar-refractivity contribution in [3.63, 3.8) is 0 Å². The molecule has 0 spiro atoms. The van der Waals surface area contributed by atoms with Crippen molar-refractivity contribution < 1.29 is 9.50 Å². The van der Waals surface area contributed by atoms with Crippen LogP contribution in [0.4, 0.5) is 15.9 Å². The number of nitrogens with zero attached hydrogens (tertiary/aromatic N) is 5. The van der Waals surface area contributed by atoms with Gasteiger partial charge in [-0.05, 0) is 55.5 Å². The Morgan fingerprint density at radius 3 is 2.75 bits per heavy atom. The van der Waals surface area contributed by atoms with Crippen molar-refractivity contribution in [2.75, 3.05) is 5.32 Å². The minimum atomic E-state index is -0.462. The molecular weight excluding hydrogens is 409 g/mol. The molecule has 0 aromatic carbocycles. The lowest BCUT2D eigenvalue weighted by molar-refractivity contribution is 0.116. The Balaban J connectivity index is 1.50. The molecule has 0 saturated heterocycles. The van der Waals surface area contributed by atoms with Gasteiger partial charge in [-0.25, -0.2) is 13.9 Å². The SMILES string of the molecule is OC1CCC(NCc2ccn3nc(-c4ccccn4)nc(Nc4ccncc4F)c23)CC1. The minimum absolute atomic E-state index is 0.187. The van der Waals surface area contributed by atoms with Crippen molar-refractivity contribution in [1.82, 2.24) is 29.9 Å². The molecule has 164 valence electrons. The lowest BCUT2D eigenvalue weighted by atomic mass is 9.93.